The molecule has 0 amide bonds. The average Bonchev–Trinajstić information content (AvgIpc) is 2.79. The first-order valence-corrected chi connectivity index (χ1v) is 8.35. The highest BCUT2D eigenvalue weighted by molar-refractivity contribution is 5.66. The SMILES string of the molecule is Fc1ncc(-c2nc(-c3cnc(F)c(F)c3F)nc(-c3cnc(F)c(F)c3F)n2)c(F)c1F. The lowest BCUT2D eigenvalue weighted by atomic mass is 10.2. The van der Waals surface area contributed by atoms with Gasteiger partial charge < -0.3 is 0 Å². The van der Waals surface area contributed by atoms with E-state index in [1.807, 2.05) is 0 Å². The second kappa shape index (κ2) is 8.07. The van der Waals surface area contributed by atoms with Crippen molar-refractivity contribution < 1.29 is 39.5 Å². The summed E-state index contributed by atoms with van der Waals surface area (Å²) in [5, 5.41) is 0. The molecule has 0 fully saturated rings. The molecule has 4 rings (SSSR count). The van der Waals surface area contributed by atoms with E-state index in [2.05, 4.69) is 29.9 Å². The van der Waals surface area contributed by atoms with Crippen LogP contribution in [0.4, 0.5) is 39.5 Å². The molecule has 0 aliphatic carbocycles. The molecule has 4 aromatic heterocycles. The maximum absolute atomic E-state index is 14.3. The molecule has 33 heavy (non-hydrogen) atoms. The number of halogens is 9. The minimum atomic E-state index is -2.06. The molecule has 15 heteroatoms. The second-order valence-corrected chi connectivity index (χ2v) is 6.08. The first-order valence-electron chi connectivity index (χ1n) is 8.35. The molecule has 0 aliphatic heterocycles. The molecule has 0 aromatic carbocycles. The van der Waals surface area contributed by atoms with Crippen LogP contribution in [-0.4, -0.2) is 29.9 Å². The molecule has 0 atom stereocenters. The standard InChI is InChI=1S/C18H3F9N6/c19-7-4(1-28-13(25)10(7)22)16-31-17(5-2-29-14(26)11(23)8(5)20)33-18(32-16)6-3-30-15(27)12(24)9(6)21/h1-3H. The zero-order chi connectivity index (χ0) is 24.0. The number of nitrogens with zero attached hydrogens (tertiary/aromatic N) is 6. The Kier molecular flexibility index (Phi) is 5.39. The van der Waals surface area contributed by atoms with Crippen molar-refractivity contribution in [2.75, 3.05) is 0 Å². The summed E-state index contributed by atoms with van der Waals surface area (Å²) in [6.45, 7) is 0. The molecule has 0 aliphatic rings. The van der Waals surface area contributed by atoms with E-state index in [0.29, 0.717) is 18.6 Å². The third-order valence-corrected chi connectivity index (χ3v) is 4.11. The van der Waals surface area contributed by atoms with Crippen molar-refractivity contribution in [1.29, 1.82) is 0 Å². The smallest absolute Gasteiger partial charge is 0.225 e. The molecule has 0 N–H and O–H groups in total. The fraction of sp³-hybridized carbons (Fsp3) is 0. The summed E-state index contributed by atoms with van der Waals surface area (Å²) in [5.74, 6) is -20.1. The van der Waals surface area contributed by atoms with Crippen molar-refractivity contribution in [2.45, 2.75) is 0 Å². The fourth-order valence-corrected chi connectivity index (χ4v) is 2.54. The number of hydrogen-bond donors (Lipinski definition) is 0. The van der Waals surface area contributed by atoms with Gasteiger partial charge in [-0.3, -0.25) is 0 Å². The van der Waals surface area contributed by atoms with E-state index in [9.17, 15) is 39.5 Å². The van der Waals surface area contributed by atoms with Gasteiger partial charge in [0, 0.05) is 18.6 Å². The number of aromatic nitrogens is 6. The zero-order valence-corrected chi connectivity index (χ0v) is 15.3. The van der Waals surface area contributed by atoms with Crippen LogP contribution < -0.4 is 0 Å². The summed E-state index contributed by atoms with van der Waals surface area (Å²) in [5.41, 5.74) is -2.86. The normalized spacial score (nSPS) is 11.2. The lowest BCUT2D eigenvalue weighted by Gasteiger charge is -2.10. The maximum Gasteiger partial charge on any atom is 0.252 e. The lowest BCUT2D eigenvalue weighted by molar-refractivity contribution is 0.427. The number of hydrogen-bond acceptors (Lipinski definition) is 6. The molecular weight excluding hydrogens is 471 g/mol. The molecule has 0 bridgehead atoms. The van der Waals surface area contributed by atoms with E-state index >= 15 is 0 Å². The first-order chi connectivity index (χ1) is 15.6. The Balaban J connectivity index is 2.04. The van der Waals surface area contributed by atoms with Crippen LogP contribution in [0.5, 0.6) is 0 Å². The van der Waals surface area contributed by atoms with Gasteiger partial charge in [0.25, 0.3) is 17.8 Å². The summed E-state index contributed by atoms with van der Waals surface area (Å²) < 4.78 is 123. The van der Waals surface area contributed by atoms with Gasteiger partial charge in [-0.25, -0.2) is 43.1 Å². The Morgan fingerprint density at radius 3 is 0.848 bits per heavy atom. The summed E-state index contributed by atoms with van der Waals surface area (Å²) in [7, 11) is 0. The minimum absolute atomic E-state index is 0.413. The van der Waals surface area contributed by atoms with Gasteiger partial charge in [0.05, 0.1) is 16.7 Å². The molecule has 6 nitrogen and oxygen atoms in total. The summed E-state index contributed by atoms with van der Waals surface area (Å²) >= 11 is 0. The Morgan fingerprint density at radius 2 is 0.606 bits per heavy atom. The summed E-state index contributed by atoms with van der Waals surface area (Å²) in [4.78, 5) is 19.5. The maximum atomic E-state index is 14.3. The molecule has 168 valence electrons. The fourth-order valence-electron chi connectivity index (χ4n) is 2.54. The Bertz CT molecular complexity index is 1250. The van der Waals surface area contributed by atoms with Crippen LogP contribution >= 0.6 is 0 Å². The van der Waals surface area contributed by atoms with Gasteiger partial charge in [-0.1, -0.05) is 0 Å². The largest absolute Gasteiger partial charge is 0.252 e. The number of pyridine rings is 3. The van der Waals surface area contributed by atoms with Crippen molar-refractivity contribution in [3.63, 3.8) is 0 Å². The second-order valence-electron chi connectivity index (χ2n) is 6.08. The molecule has 0 saturated carbocycles. The van der Waals surface area contributed by atoms with Crippen LogP contribution in [0.2, 0.25) is 0 Å². The quantitative estimate of drug-likeness (QED) is 0.326. The van der Waals surface area contributed by atoms with Gasteiger partial charge in [0.2, 0.25) is 17.5 Å². The van der Waals surface area contributed by atoms with E-state index in [1.165, 1.54) is 0 Å². The first kappa shape index (κ1) is 22.0. The summed E-state index contributed by atoms with van der Waals surface area (Å²) in [6, 6.07) is 0. The molecule has 0 spiro atoms. The van der Waals surface area contributed by atoms with Crippen molar-refractivity contribution in [3.8, 4) is 34.2 Å². The van der Waals surface area contributed by atoms with Crippen molar-refractivity contribution in [1.82, 2.24) is 29.9 Å². The van der Waals surface area contributed by atoms with E-state index in [-0.39, 0.29) is 0 Å². The summed E-state index contributed by atoms with van der Waals surface area (Å²) in [6.07, 6.45) is 1.24. The van der Waals surface area contributed by atoms with Crippen LogP contribution in [0.1, 0.15) is 0 Å². The topological polar surface area (TPSA) is 77.3 Å². The van der Waals surface area contributed by atoms with E-state index in [4.69, 9.17) is 0 Å². The molecule has 4 heterocycles. The van der Waals surface area contributed by atoms with Gasteiger partial charge in [0.1, 0.15) is 0 Å². The highest BCUT2D eigenvalue weighted by Crippen LogP contribution is 2.30. The van der Waals surface area contributed by atoms with E-state index < -0.39 is 86.9 Å². The molecule has 4 aromatic rings. The predicted octanol–water partition coefficient (Wildman–Crippen LogP) is 4.31. The van der Waals surface area contributed by atoms with Gasteiger partial charge >= 0.3 is 0 Å². The molecule has 0 saturated heterocycles. The molecule has 0 unspecified atom stereocenters. The van der Waals surface area contributed by atoms with Crippen LogP contribution in [0.3, 0.4) is 0 Å². The Labute approximate surface area is 175 Å². The van der Waals surface area contributed by atoms with Gasteiger partial charge in [-0.15, -0.1) is 0 Å². The van der Waals surface area contributed by atoms with Gasteiger partial charge in [0.15, 0.2) is 34.9 Å². The van der Waals surface area contributed by atoms with Crippen molar-refractivity contribution in [3.05, 3.63) is 71.3 Å². The van der Waals surface area contributed by atoms with Crippen LogP contribution in [0.15, 0.2) is 18.6 Å². The zero-order valence-electron chi connectivity index (χ0n) is 15.3. The lowest BCUT2D eigenvalue weighted by Crippen LogP contribution is -2.07. The van der Waals surface area contributed by atoms with E-state index in [1.54, 1.807) is 0 Å². The van der Waals surface area contributed by atoms with Crippen molar-refractivity contribution >= 4 is 0 Å². The highest BCUT2D eigenvalue weighted by atomic mass is 19.2. The van der Waals surface area contributed by atoms with Crippen LogP contribution in [0, 0.1) is 52.7 Å². The van der Waals surface area contributed by atoms with Gasteiger partial charge in [-0.05, 0) is 0 Å². The molecule has 0 radical (unpaired) electrons. The van der Waals surface area contributed by atoms with Crippen LogP contribution in [-0.2, 0) is 0 Å². The van der Waals surface area contributed by atoms with Crippen molar-refractivity contribution in [2.24, 2.45) is 0 Å². The third kappa shape index (κ3) is 3.70. The molecular formula is C18H3F9N6. The highest BCUT2D eigenvalue weighted by Gasteiger charge is 2.25. The van der Waals surface area contributed by atoms with E-state index in [0.717, 1.165) is 0 Å². The minimum Gasteiger partial charge on any atom is -0.225 e. The predicted molar refractivity (Wildman–Crippen MR) is 89.1 cm³/mol. The third-order valence-electron chi connectivity index (χ3n) is 4.11. The van der Waals surface area contributed by atoms with Gasteiger partial charge in [-0.2, -0.15) is 26.3 Å². The Morgan fingerprint density at radius 1 is 0.364 bits per heavy atom. The van der Waals surface area contributed by atoms with Crippen LogP contribution in [0.25, 0.3) is 34.2 Å². The number of rotatable bonds is 3. The average molecular weight is 474 g/mol. The Hall–Kier alpha value is -4.17. The monoisotopic (exact) mass is 474 g/mol.